The van der Waals surface area contributed by atoms with Gasteiger partial charge < -0.3 is 0 Å². The Bertz CT molecular complexity index is 506. The van der Waals surface area contributed by atoms with Crippen LogP contribution >= 0.6 is 34.8 Å². The van der Waals surface area contributed by atoms with Gasteiger partial charge in [0.2, 0.25) is 5.78 Å². The molecule has 0 unspecified atom stereocenters. The van der Waals surface area contributed by atoms with Crippen molar-refractivity contribution in [1.29, 1.82) is 0 Å². The summed E-state index contributed by atoms with van der Waals surface area (Å²) >= 11 is 17.0. The first-order chi connectivity index (χ1) is 8.47. The van der Waals surface area contributed by atoms with Crippen LogP contribution in [0.3, 0.4) is 0 Å². The van der Waals surface area contributed by atoms with Crippen LogP contribution in [-0.2, 0) is 4.79 Å². The highest BCUT2D eigenvalue weighted by molar-refractivity contribution is 6.67. The third-order valence-electron chi connectivity index (χ3n) is 2.33. The summed E-state index contributed by atoms with van der Waals surface area (Å²) in [6.07, 6.45) is 3.41. The molecule has 0 bridgehead atoms. The van der Waals surface area contributed by atoms with Gasteiger partial charge in [-0.25, -0.2) is 5.01 Å². The first kappa shape index (κ1) is 13.4. The zero-order chi connectivity index (χ0) is 13.2. The molecule has 0 saturated heterocycles. The smallest absolute Gasteiger partial charge is 0.283 e. The molecule has 1 aliphatic heterocycles. The standard InChI is InChI=1S/C12H9Cl3N2O/c13-12(14,15)17-8-11(18)10(16-17)7-6-9-4-2-1-3-5-9/h1-7H,8H2. The van der Waals surface area contributed by atoms with E-state index in [2.05, 4.69) is 5.10 Å². The molecule has 0 spiro atoms. The van der Waals surface area contributed by atoms with Crippen LogP contribution in [0.25, 0.3) is 6.08 Å². The van der Waals surface area contributed by atoms with Crippen molar-refractivity contribution in [3.63, 3.8) is 0 Å². The van der Waals surface area contributed by atoms with Gasteiger partial charge in [-0.05, 0) is 11.6 Å². The van der Waals surface area contributed by atoms with Gasteiger partial charge in [-0.15, -0.1) is 0 Å². The van der Waals surface area contributed by atoms with E-state index in [4.69, 9.17) is 34.8 Å². The van der Waals surface area contributed by atoms with E-state index in [1.165, 1.54) is 0 Å². The van der Waals surface area contributed by atoms with E-state index in [0.717, 1.165) is 10.6 Å². The van der Waals surface area contributed by atoms with Gasteiger partial charge in [-0.1, -0.05) is 71.2 Å². The van der Waals surface area contributed by atoms with E-state index >= 15 is 0 Å². The molecule has 1 aromatic rings. The quantitative estimate of drug-likeness (QED) is 0.620. The highest BCUT2D eigenvalue weighted by Crippen LogP contribution is 2.32. The number of hydrogen-bond acceptors (Lipinski definition) is 3. The Morgan fingerprint density at radius 1 is 1.17 bits per heavy atom. The average molecular weight is 304 g/mol. The summed E-state index contributed by atoms with van der Waals surface area (Å²) in [5.74, 6) is -0.173. The fourth-order valence-corrected chi connectivity index (χ4v) is 1.74. The summed E-state index contributed by atoms with van der Waals surface area (Å²) in [5, 5.41) is 5.10. The van der Waals surface area contributed by atoms with Crippen molar-refractivity contribution < 1.29 is 4.79 Å². The minimum absolute atomic E-state index is 0.0229. The number of allylic oxidation sites excluding steroid dienone is 1. The van der Waals surface area contributed by atoms with E-state index in [-0.39, 0.29) is 18.0 Å². The molecule has 0 N–H and O–H groups in total. The molecule has 6 heteroatoms. The van der Waals surface area contributed by atoms with E-state index in [1.807, 2.05) is 30.3 Å². The predicted molar refractivity (Wildman–Crippen MR) is 74.9 cm³/mol. The Kier molecular flexibility index (Phi) is 3.95. The lowest BCUT2D eigenvalue weighted by Gasteiger charge is -2.20. The first-order valence-corrected chi connectivity index (χ1v) is 6.29. The Labute approximate surface area is 120 Å². The van der Waals surface area contributed by atoms with Crippen molar-refractivity contribution in [1.82, 2.24) is 5.01 Å². The molecule has 0 amide bonds. The predicted octanol–water partition coefficient (Wildman–Crippen LogP) is 3.27. The number of Topliss-reactive ketones (excluding diaryl/α,β-unsaturated/α-hetero) is 1. The first-order valence-electron chi connectivity index (χ1n) is 5.16. The second-order valence-electron chi connectivity index (χ2n) is 3.68. The summed E-state index contributed by atoms with van der Waals surface area (Å²) in [5.41, 5.74) is 1.26. The van der Waals surface area contributed by atoms with Gasteiger partial charge >= 0.3 is 0 Å². The molecule has 18 heavy (non-hydrogen) atoms. The SMILES string of the molecule is O=C1CN(C(Cl)(Cl)Cl)N=C1C=Cc1ccccc1. The van der Waals surface area contributed by atoms with Crippen LogP contribution < -0.4 is 0 Å². The summed E-state index contributed by atoms with van der Waals surface area (Å²) in [7, 11) is 0. The second kappa shape index (κ2) is 5.31. The topological polar surface area (TPSA) is 32.7 Å². The molecule has 2 rings (SSSR count). The summed E-state index contributed by atoms with van der Waals surface area (Å²) < 4.78 is -1.70. The zero-order valence-corrected chi connectivity index (χ0v) is 11.5. The largest absolute Gasteiger partial charge is 0.290 e. The molecule has 1 aromatic carbocycles. The molecule has 0 saturated carbocycles. The van der Waals surface area contributed by atoms with E-state index in [9.17, 15) is 4.79 Å². The Balaban J connectivity index is 2.15. The van der Waals surface area contributed by atoms with Gasteiger partial charge in [0.15, 0.2) is 0 Å². The maximum Gasteiger partial charge on any atom is 0.283 e. The van der Waals surface area contributed by atoms with Crippen LogP contribution in [0.1, 0.15) is 5.56 Å². The van der Waals surface area contributed by atoms with E-state index < -0.39 is 3.92 Å². The van der Waals surface area contributed by atoms with Crippen LogP contribution in [0.2, 0.25) is 0 Å². The third-order valence-corrected chi connectivity index (χ3v) is 2.92. The highest BCUT2D eigenvalue weighted by Gasteiger charge is 2.35. The lowest BCUT2D eigenvalue weighted by atomic mass is 10.1. The average Bonchev–Trinajstić information content (AvgIpc) is 2.69. The number of nitrogens with zero attached hydrogens (tertiary/aromatic N) is 2. The molecule has 94 valence electrons. The van der Waals surface area contributed by atoms with Crippen LogP contribution in [0.15, 0.2) is 41.5 Å². The number of carbonyl (C=O) groups is 1. The van der Waals surface area contributed by atoms with Gasteiger partial charge in [0.05, 0.1) is 0 Å². The number of ketones is 1. The molecular formula is C12H9Cl3N2O. The molecule has 0 aliphatic carbocycles. The molecule has 0 aromatic heterocycles. The van der Waals surface area contributed by atoms with Gasteiger partial charge in [-0.3, -0.25) is 4.79 Å². The van der Waals surface area contributed by atoms with Crippen molar-refractivity contribution in [3.8, 4) is 0 Å². The number of alkyl halides is 3. The number of carbonyl (C=O) groups excluding carboxylic acids is 1. The van der Waals surface area contributed by atoms with Crippen molar-refractivity contribution >= 4 is 52.4 Å². The third kappa shape index (κ3) is 3.25. The molecule has 1 aliphatic rings. The van der Waals surface area contributed by atoms with Crippen molar-refractivity contribution in [2.24, 2.45) is 5.10 Å². The minimum atomic E-state index is -1.70. The molecule has 0 fully saturated rings. The van der Waals surface area contributed by atoms with Gasteiger partial charge in [0.1, 0.15) is 12.3 Å². The monoisotopic (exact) mass is 302 g/mol. The molecule has 1 heterocycles. The fraction of sp³-hybridized carbons (Fsp3) is 0.167. The zero-order valence-electron chi connectivity index (χ0n) is 9.19. The lowest BCUT2D eigenvalue weighted by Crippen LogP contribution is -2.30. The van der Waals surface area contributed by atoms with Crippen LogP contribution in [0.4, 0.5) is 0 Å². The van der Waals surface area contributed by atoms with Gasteiger partial charge in [0, 0.05) is 0 Å². The second-order valence-corrected chi connectivity index (χ2v) is 5.90. The van der Waals surface area contributed by atoms with E-state index in [1.54, 1.807) is 12.2 Å². The number of benzene rings is 1. The summed E-state index contributed by atoms with van der Waals surface area (Å²) in [4.78, 5) is 11.7. The normalized spacial score (nSPS) is 16.5. The Morgan fingerprint density at radius 3 is 2.39 bits per heavy atom. The molecule has 0 atom stereocenters. The maximum absolute atomic E-state index is 11.7. The summed E-state index contributed by atoms with van der Waals surface area (Å²) in [6.45, 7) is -0.0229. The van der Waals surface area contributed by atoms with E-state index in [0.29, 0.717) is 0 Å². The number of halogens is 3. The molecule has 3 nitrogen and oxygen atoms in total. The number of hydrogen-bond donors (Lipinski definition) is 0. The summed E-state index contributed by atoms with van der Waals surface area (Å²) in [6, 6.07) is 9.57. The highest BCUT2D eigenvalue weighted by atomic mass is 35.6. The van der Waals surface area contributed by atoms with Crippen molar-refractivity contribution in [3.05, 3.63) is 42.0 Å². The van der Waals surface area contributed by atoms with Crippen molar-refractivity contribution in [2.45, 2.75) is 3.92 Å². The Hall–Kier alpha value is -1.03. The number of rotatable bonds is 2. The van der Waals surface area contributed by atoms with Gasteiger partial charge in [-0.2, -0.15) is 5.10 Å². The number of hydrazone groups is 1. The molecule has 0 radical (unpaired) electrons. The van der Waals surface area contributed by atoms with Crippen LogP contribution in [-0.4, -0.2) is 27.0 Å². The maximum atomic E-state index is 11.7. The fourth-order valence-electron chi connectivity index (χ4n) is 1.45. The van der Waals surface area contributed by atoms with Crippen LogP contribution in [0, 0.1) is 0 Å². The molecular weight excluding hydrogens is 295 g/mol. The van der Waals surface area contributed by atoms with Crippen LogP contribution in [0.5, 0.6) is 0 Å². The lowest BCUT2D eigenvalue weighted by molar-refractivity contribution is -0.112. The minimum Gasteiger partial charge on any atom is -0.290 e. The van der Waals surface area contributed by atoms with Gasteiger partial charge in [0.25, 0.3) is 3.92 Å². The Morgan fingerprint density at radius 2 is 1.83 bits per heavy atom. The van der Waals surface area contributed by atoms with Crippen molar-refractivity contribution in [2.75, 3.05) is 6.54 Å².